The third-order valence-electron chi connectivity index (χ3n) is 2.76. The molecule has 0 aliphatic carbocycles. The summed E-state index contributed by atoms with van der Waals surface area (Å²) in [5, 5.41) is 0. The smallest absolute Gasteiger partial charge is 0.122 e. The molecule has 76 valence electrons. The van der Waals surface area contributed by atoms with Crippen LogP contribution in [0.5, 0.6) is 5.75 Å². The Morgan fingerprint density at radius 1 is 1.36 bits per heavy atom. The molecule has 0 saturated heterocycles. The number of hydrogen-bond donors (Lipinski definition) is 0. The molecule has 1 unspecified atom stereocenters. The van der Waals surface area contributed by atoms with E-state index in [2.05, 4.69) is 32.0 Å². The highest BCUT2D eigenvalue weighted by Crippen LogP contribution is 2.29. The van der Waals surface area contributed by atoms with E-state index in [1.54, 1.807) is 0 Å². The van der Waals surface area contributed by atoms with Gasteiger partial charge in [0.25, 0.3) is 0 Å². The van der Waals surface area contributed by atoms with Gasteiger partial charge in [-0.25, -0.2) is 0 Å². The Morgan fingerprint density at radius 2 is 2.14 bits per heavy atom. The van der Waals surface area contributed by atoms with Crippen LogP contribution in [0.2, 0.25) is 0 Å². The summed E-state index contributed by atoms with van der Waals surface area (Å²) in [5.41, 5.74) is 1.38. The van der Waals surface area contributed by atoms with Crippen molar-refractivity contribution in [1.29, 1.82) is 0 Å². The van der Waals surface area contributed by atoms with Gasteiger partial charge in [-0.05, 0) is 36.3 Å². The molecule has 0 aromatic heterocycles. The third kappa shape index (κ3) is 2.09. The summed E-state index contributed by atoms with van der Waals surface area (Å²) in [4.78, 5) is 0. The molecule has 0 N–H and O–H groups in total. The second-order valence-electron chi connectivity index (χ2n) is 4.62. The van der Waals surface area contributed by atoms with Crippen LogP contribution < -0.4 is 4.74 Å². The predicted octanol–water partition coefficient (Wildman–Crippen LogP) is 3.28. The highest BCUT2D eigenvalue weighted by molar-refractivity contribution is 5.34. The molecule has 0 spiro atoms. The average molecular weight is 190 g/mol. The van der Waals surface area contributed by atoms with Crippen LogP contribution in [-0.2, 0) is 6.42 Å². The average Bonchev–Trinajstić information content (AvgIpc) is 2.17. The van der Waals surface area contributed by atoms with Crippen molar-refractivity contribution in [3.8, 4) is 5.75 Å². The summed E-state index contributed by atoms with van der Waals surface area (Å²) in [6, 6.07) is 8.39. The number of para-hydroxylation sites is 1. The van der Waals surface area contributed by atoms with Crippen molar-refractivity contribution in [2.24, 2.45) is 11.8 Å². The number of hydrogen-bond acceptors (Lipinski definition) is 1. The number of fused-ring (bicyclic) bond motifs is 1. The Hall–Kier alpha value is -0.980. The first kappa shape index (κ1) is 9.57. The van der Waals surface area contributed by atoms with Crippen molar-refractivity contribution in [2.75, 3.05) is 6.61 Å². The maximum Gasteiger partial charge on any atom is 0.122 e. The Balaban J connectivity index is 2.06. The molecule has 1 atom stereocenters. The molecule has 2 rings (SSSR count). The standard InChI is InChI=1S/C13H18O/c1-10(2)7-11-8-12-5-3-4-6-13(12)14-9-11/h3-6,10-11H,7-9H2,1-2H3. The number of ether oxygens (including phenoxy) is 1. The first-order valence-corrected chi connectivity index (χ1v) is 5.46. The normalized spacial score (nSPS) is 20.4. The van der Waals surface area contributed by atoms with Gasteiger partial charge in [-0.1, -0.05) is 32.0 Å². The van der Waals surface area contributed by atoms with Gasteiger partial charge >= 0.3 is 0 Å². The Bertz CT molecular complexity index is 304. The molecule has 0 fully saturated rings. The van der Waals surface area contributed by atoms with E-state index in [-0.39, 0.29) is 0 Å². The first-order chi connectivity index (χ1) is 6.75. The third-order valence-corrected chi connectivity index (χ3v) is 2.76. The van der Waals surface area contributed by atoms with Gasteiger partial charge in [-0.3, -0.25) is 0 Å². The molecule has 1 aromatic carbocycles. The van der Waals surface area contributed by atoms with Gasteiger partial charge in [0.1, 0.15) is 5.75 Å². The van der Waals surface area contributed by atoms with Gasteiger partial charge in [0, 0.05) is 0 Å². The molecule has 1 heterocycles. The number of rotatable bonds is 2. The maximum absolute atomic E-state index is 5.74. The fourth-order valence-electron chi connectivity index (χ4n) is 2.21. The fraction of sp³-hybridized carbons (Fsp3) is 0.538. The lowest BCUT2D eigenvalue weighted by Crippen LogP contribution is -2.22. The summed E-state index contributed by atoms with van der Waals surface area (Å²) < 4.78 is 5.74. The zero-order valence-electron chi connectivity index (χ0n) is 8.99. The van der Waals surface area contributed by atoms with Crippen molar-refractivity contribution >= 4 is 0 Å². The van der Waals surface area contributed by atoms with E-state index in [1.165, 1.54) is 18.4 Å². The highest BCUT2D eigenvalue weighted by atomic mass is 16.5. The topological polar surface area (TPSA) is 9.23 Å². The van der Waals surface area contributed by atoms with E-state index in [4.69, 9.17) is 4.74 Å². The lowest BCUT2D eigenvalue weighted by Gasteiger charge is -2.26. The minimum absolute atomic E-state index is 0.713. The van der Waals surface area contributed by atoms with Crippen LogP contribution in [-0.4, -0.2) is 6.61 Å². The van der Waals surface area contributed by atoms with Gasteiger partial charge in [0.15, 0.2) is 0 Å². The molecule has 0 amide bonds. The molecule has 0 radical (unpaired) electrons. The fourth-order valence-corrected chi connectivity index (χ4v) is 2.21. The van der Waals surface area contributed by atoms with Crippen molar-refractivity contribution < 1.29 is 4.74 Å². The van der Waals surface area contributed by atoms with Crippen molar-refractivity contribution in [2.45, 2.75) is 26.7 Å². The van der Waals surface area contributed by atoms with Gasteiger partial charge in [0.2, 0.25) is 0 Å². The van der Waals surface area contributed by atoms with Crippen molar-refractivity contribution in [1.82, 2.24) is 0 Å². The van der Waals surface area contributed by atoms with Crippen LogP contribution in [0.15, 0.2) is 24.3 Å². The quantitative estimate of drug-likeness (QED) is 0.695. The SMILES string of the molecule is CC(C)CC1COc2ccccc2C1. The number of benzene rings is 1. The van der Waals surface area contributed by atoms with Gasteiger partial charge in [-0.15, -0.1) is 0 Å². The Labute approximate surface area is 86.1 Å². The molecule has 1 nitrogen and oxygen atoms in total. The van der Waals surface area contributed by atoms with E-state index in [0.29, 0.717) is 5.92 Å². The van der Waals surface area contributed by atoms with Crippen LogP contribution in [0.25, 0.3) is 0 Å². The summed E-state index contributed by atoms with van der Waals surface area (Å²) >= 11 is 0. The van der Waals surface area contributed by atoms with Gasteiger partial charge < -0.3 is 4.74 Å². The molecule has 1 heteroatoms. The summed E-state index contributed by atoms with van der Waals surface area (Å²) in [7, 11) is 0. The van der Waals surface area contributed by atoms with Crippen LogP contribution in [0.3, 0.4) is 0 Å². The zero-order chi connectivity index (χ0) is 9.97. The first-order valence-electron chi connectivity index (χ1n) is 5.46. The van der Waals surface area contributed by atoms with Gasteiger partial charge in [0.05, 0.1) is 6.61 Å². The molecular formula is C13H18O. The molecule has 1 aliphatic rings. The van der Waals surface area contributed by atoms with Crippen LogP contribution in [0.4, 0.5) is 0 Å². The molecule has 1 aromatic rings. The van der Waals surface area contributed by atoms with E-state index in [1.807, 2.05) is 6.07 Å². The zero-order valence-corrected chi connectivity index (χ0v) is 8.99. The monoisotopic (exact) mass is 190 g/mol. The summed E-state index contributed by atoms with van der Waals surface area (Å²) in [6.45, 7) is 5.45. The minimum atomic E-state index is 0.713. The summed E-state index contributed by atoms with van der Waals surface area (Å²) in [5.74, 6) is 2.58. The van der Waals surface area contributed by atoms with E-state index in [9.17, 15) is 0 Å². The maximum atomic E-state index is 5.74. The minimum Gasteiger partial charge on any atom is -0.493 e. The molecule has 0 bridgehead atoms. The van der Waals surface area contributed by atoms with E-state index < -0.39 is 0 Å². The second-order valence-corrected chi connectivity index (χ2v) is 4.62. The van der Waals surface area contributed by atoms with Crippen LogP contribution in [0.1, 0.15) is 25.8 Å². The van der Waals surface area contributed by atoms with E-state index >= 15 is 0 Å². The summed E-state index contributed by atoms with van der Waals surface area (Å²) in [6.07, 6.45) is 2.46. The van der Waals surface area contributed by atoms with Crippen LogP contribution in [0, 0.1) is 11.8 Å². The second kappa shape index (κ2) is 4.04. The van der Waals surface area contributed by atoms with E-state index in [0.717, 1.165) is 18.3 Å². The largest absolute Gasteiger partial charge is 0.493 e. The lowest BCUT2D eigenvalue weighted by molar-refractivity contribution is 0.201. The lowest BCUT2D eigenvalue weighted by atomic mass is 9.90. The van der Waals surface area contributed by atoms with Gasteiger partial charge in [-0.2, -0.15) is 0 Å². The molecular weight excluding hydrogens is 172 g/mol. The van der Waals surface area contributed by atoms with Crippen LogP contribution >= 0.6 is 0 Å². The van der Waals surface area contributed by atoms with Crippen molar-refractivity contribution in [3.05, 3.63) is 29.8 Å². The highest BCUT2D eigenvalue weighted by Gasteiger charge is 2.19. The molecule has 1 aliphatic heterocycles. The Morgan fingerprint density at radius 3 is 2.93 bits per heavy atom. The molecule has 14 heavy (non-hydrogen) atoms. The predicted molar refractivity (Wildman–Crippen MR) is 58.6 cm³/mol. The Kier molecular flexibility index (Phi) is 2.76. The molecule has 0 saturated carbocycles. The van der Waals surface area contributed by atoms with Crippen molar-refractivity contribution in [3.63, 3.8) is 0 Å².